The van der Waals surface area contributed by atoms with Gasteiger partial charge in [0, 0.05) is 12.8 Å². The Kier molecular flexibility index (Phi) is 55.1. The minimum atomic E-state index is -1.52. The van der Waals surface area contributed by atoms with Crippen molar-refractivity contribution in [3.8, 4) is 0 Å². The number of carboxylic acid groups (broad SMARTS) is 1. The van der Waals surface area contributed by atoms with E-state index in [2.05, 4.69) is 123 Å². The van der Waals surface area contributed by atoms with Gasteiger partial charge in [0.05, 0.1) is 34.4 Å². The normalized spacial score (nSPS) is 13.5. The van der Waals surface area contributed by atoms with Crippen LogP contribution in [0.25, 0.3) is 0 Å². The molecule has 0 spiro atoms. The predicted molar refractivity (Wildman–Crippen MR) is 327 cm³/mol. The first-order valence-electron chi connectivity index (χ1n) is 31.1. The lowest BCUT2D eigenvalue weighted by Gasteiger charge is -2.25. The van der Waals surface area contributed by atoms with E-state index in [4.69, 9.17) is 18.9 Å². The maximum Gasteiger partial charge on any atom is 0.361 e. The van der Waals surface area contributed by atoms with Crippen LogP contribution in [0.2, 0.25) is 0 Å². The number of nitrogens with zero attached hydrogens (tertiary/aromatic N) is 1. The van der Waals surface area contributed by atoms with Crippen LogP contribution in [0.5, 0.6) is 0 Å². The predicted octanol–water partition coefficient (Wildman–Crippen LogP) is 18.7. The van der Waals surface area contributed by atoms with E-state index in [0.29, 0.717) is 17.4 Å². The Labute approximate surface area is 473 Å². The topological polar surface area (TPSA) is 108 Å². The fourth-order valence-corrected chi connectivity index (χ4v) is 8.33. The van der Waals surface area contributed by atoms with Crippen LogP contribution in [-0.4, -0.2) is 87.4 Å². The third-order valence-electron chi connectivity index (χ3n) is 13.0. The zero-order valence-corrected chi connectivity index (χ0v) is 50.1. The largest absolute Gasteiger partial charge is 0.477 e. The first-order valence-corrected chi connectivity index (χ1v) is 31.1. The van der Waals surface area contributed by atoms with Crippen LogP contribution in [0, 0.1) is 0 Å². The van der Waals surface area contributed by atoms with Gasteiger partial charge in [0.25, 0.3) is 6.29 Å². The molecule has 0 heterocycles. The molecule has 0 radical (unpaired) electrons. The molecular formula is C68H116NO8+. The van der Waals surface area contributed by atoms with Crippen molar-refractivity contribution in [1.82, 2.24) is 0 Å². The molecule has 0 aliphatic rings. The number of carboxylic acids is 1. The van der Waals surface area contributed by atoms with E-state index in [1.807, 2.05) is 21.1 Å². The number of aliphatic carboxylic acids is 1. The summed E-state index contributed by atoms with van der Waals surface area (Å²) in [5.74, 6) is -2.03. The molecule has 0 bridgehead atoms. The molecular weight excluding hydrogens is 959 g/mol. The summed E-state index contributed by atoms with van der Waals surface area (Å²) in [5.41, 5.74) is 0. The molecule has 0 aliphatic heterocycles. The molecule has 77 heavy (non-hydrogen) atoms. The highest BCUT2D eigenvalue weighted by Crippen LogP contribution is 2.16. The monoisotopic (exact) mass is 1070 g/mol. The Morgan fingerprint density at radius 2 is 0.701 bits per heavy atom. The van der Waals surface area contributed by atoms with E-state index in [9.17, 15) is 19.5 Å². The lowest BCUT2D eigenvalue weighted by atomic mass is 10.0. The zero-order chi connectivity index (χ0) is 56.2. The molecule has 0 fully saturated rings. The van der Waals surface area contributed by atoms with Gasteiger partial charge < -0.3 is 28.5 Å². The highest BCUT2D eigenvalue weighted by atomic mass is 16.7. The molecule has 2 unspecified atom stereocenters. The van der Waals surface area contributed by atoms with Crippen LogP contribution >= 0.6 is 0 Å². The molecule has 1 N–H and O–H groups in total. The Hall–Kier alpha value is -4.05. The van der Waals surface area contributed by atoms with Crippen LogP contribution in [0.1, 0.15) is 245 Å². The Morgan fingerprint density at radius 3 is 1.04 bits per heavy atom. The summed E-state index contributed by atoms with van der Waals surface area (Å²) in [6.45, 7) is 4.63. The van der Waals surface area contributed by atoms with Gasteiger partial charge in [0.15, 0.2) is 6.10 Å². The Morgan fingerprint density at radius 1 is 0.390 bits per heavy atom. The highest BCUT2D eigenvalue weighted by molar-refractivity contribution is 5.71. The van der Waals surface area contributed by atoms with Gasteiger partial charge >= 0.3 is 17.9 Å². The Bertz CT molecular complexity index is 1630. The molecule has 0 amide bonds. The average Bonchev–Trinajstić information content (AvgIpc) is 3.40. The number of likely N-dealkylation sites (N-methyl/N-ethyl adjacent to an activating group) is 1. The second kappa shape index (κ2) is 58.1. The second-order valence-corrected chi connectivity index (χ2v) is 21.6. The van der Waals surface area contributed by atoms with Gasteiger partial charge in [-0.2, -0.15) is 0 Å². The third-order valence-corrected chi connectivity index (χ3v) is 13.0. The maximum atomic E-state index is 12.9. The summed E-state index contributed by atoms with van der Waals surface area (Å²) < 4.78 is 22.9. The standard InChI is InChI=1S/C68H115NO8/c1-6-8-10-12-14-16-18-20-22-23-24-25-26-27-28-29-30-31-32-33-34-35-36-37-38-39-40-41-42-43-45-47-49-51-53-55-57-59-66(71)77-64(63-76-68(67(72)73)74-61-60-69(3,4)5)62-75-65(70)58-56-54-52-50-48-46-44-21-19-17-15-13-11-9-7-2/h8-11,14-17,20-22,24-25,27-28,30-31,44,64,68H,6-7,12-13,18-19,23,26,29,32-43,45-63H2,1-5H3/p+1/b10-8-,11-9-,16-14-,17-15-,22-20-,25-24-,28-27-,31-30-,44-21-. The van der Waals surface area contributed by atoms with E-state index >= 15 is 0 Å². The number of allylic oxidation sites excluding steroid dienone is 18. The summed E-state index contributed by atoms with van der Waals surface area (Å²) in [4.78, 5) is 37.4. The van der Waals surface area contributed by atoms with Crippen LogP contribution in [0.15, 0.2) is 109 Å². The average molecular weight is 1080 g/mol. The maximum absolute atomic E-state index is 12.9. The van der Waals surface area contributed by atoms with Crippen molar-refractivity contribution in [2.24, 2.45) is 0 Å². The summed E-state index contributed by atoms with van der Waals surface area (Å²) in [6.07, 6.45) is 77.6. The molecule has 0 saturated carbocycles. The van der Waals surface area contributed by atoms with E-state index < -0.39 is 24.3 Å². The molecule has 0 aliphatic carbocycles. The van der Waals surface area contributed by atoms with E-state index in [0.717, 1.165) is 109 Å². The quantitative estimate of drug-likeness (QED) is 0.0211. The number of hydrogen-bond donors (Lipinski definition) is 1. The molecule has 0 aromatic carbocycles. The lowest BCUT2D eigenvalue weighted by Crippen LogP contribution is -2.40. The zero-order valence-electron chi connectivity index (χ0n) is 50.1. The van der Waals surface area contributed by atoms with E-state index in [-0.39, 0.29) is 38.6 Å². The minimum absolute atomic E-state index is 0.181. The number of carbonyl (C=O) groups is 3. The van der Waals surface area contributed by atoms with Gasteiger partial charge in [-0.1, -0.05) is 245 Å². The number of rotatable bonds is 56. The number of carbonyl (C=O) groups excluding carboxylic acids is 2. The number of hydrogen-bond acceptors (Lipinski definition) is 7. The molecule has 0 saturated heterocycles. The first-order chi connectivity index (χ1) is 37.6. The summed E-state index contributed by atoms with van der Waals surface area (Å²) in [6, 6.07) is 0. The fraction of sp³-hybridized carbons (Fsp3) is 0.691. The Balaban J connectivity index is 4.07. The SMILES string of the molecule is CC/C=C\C/C=C\C/C=C\C/C=C\C/C=C\C/C=C\CCCCCCCCCCCCCCCCCCCCC(=O)OC(COC(=O)CCCCCCC/C=C\C/C=C\C/C=C\CC)COC(OCC[N+](C)(C)C)C(=O)O. The molecule has 0 rings (SSSR count). The van der Waals surface area contributed by atoms with Gasteiger partial charge in [-0.3, -0.25) is 9.59 Å². The van der Waals surface area contributed by atoms with Crippen molar-refractivity contribution in [3.63, 3.8) is 0 Å². The van der Waals surface area contributed by atoms with Crippen molar-refractivity contribution < 1.29 is 42.9 Å². The van der Waals surface area contributed by atoms with E-state index in [1.165, 1.54) is 103 Å². The van der Waals surface area contributed by atoms with Gasteiger partial charge in [0.2, 0.25) is 0 Å². The molecule has 9 heteroatoms. The molecule has 440 valence electrons. The smallest absolute Gasteiger partial charge is 0.361 e. The summed E-state index contributed by atoms with van der Waals surface area (Å²) in [7, 11) is 5.96. The van der Waals surface area contributed by atoms with Gasteiger partial charge in [0.1, 0.15) is 13.2 Å². The third kappa shape index (κ3) is 59.5. The van der Waals surface area contributed by atoms with E-state index in [1.54, 1.807) is 0 Å². The van der Waals surface area contributed by atoms with Crippen molar-refractivity contribution in [2.45, 2.75) is 257 Å². The molecule has 9 nitrogen and oxygen atoms in total. The van der Waals surface area contributed by atoms with Crippen LogP contribution < -0.4 is 0 Å². The van der Waals surface area contributed by atoms with Gasteiger partial charge in [-0.25, -0.2) is 4.79 Å². The molecule has 0 aromatic heterocycles. The van der Waals surface area contributed by atoms with Crippen molar-refractivity contribution in [1.29, 1.82) is 0 Å². The van der Waals surface area contributed by atoms with Crippen LogP contribution in [0.4, 0.5) is 0 Å². The number of unbranched alkanes of at least 4 members (excludes halogenated alkanes) is 23. The van der Waals surface area contributed by atoms with Gasteiger partial charge in [-0.15, -0.1) is 0 Å². The van der Waals surface area contributed by atoms with Gasteiger partial charge in [-0.05, 0) is 96.3 Å². The number of quaternary nitrogens is 1. The molecule has 0 aromatic rings. The summed E-state index contributed by atoms with van der Waals surface area (Å²) >= 11 is 0. The summed E-state index contributed by atoms with van der Waals surface area (Å²) in [5, 5.41) is 9.70. The highest BCUT2D eigenvalue weighted by Gasteiger charge is 2.25. The number of esters is 2. The fourth-order valence-electron chi connectivity index (χ4n) is 8.33. The second-order valence-electron chi connectivity index (χ2n) is 21.6. The molecule has 2 atom stereocenters. The van der Waals surface area contributed by atoms with Crippen molar-refractivity contribution in [3.05, 3.63) is 109 Å². The first kappa shape index (κ1) is 73.0. The van der Waals surface area contributed by atoms with Crippen molar-refractivity contribution in [2.75, 3.05) is 47.5 Å². The number of ether oxygens (including phenoxy) is 4. The lowest BCUT2D eigenvalue weighted by molar-refractivity contribution is -0.870. The van der Waals surface area contributed by atoms with Crippen LogP contribution in [-0.2, 0) is 33.3 Å². The van der Waals surface area contributed by atoms with Crippen LogP contribution in [0.3, 0.4) is 0 Å². The minimum Gasteiger partial charge on any atom is -0.477 e. The van der Waals surface area contributed by atoms with Crippen molar-refractivity contribution >= 4 is 17.9 Å².